The lowest BCUT2D eigenvalue weighted by Gasteiger charge is -2.22. The molecular formula is C26H26F3N7. The lowest BCUT2D eigenvalue weighted by Crippen LogP contribution is -2.20. The summed E-state index contributed by atoms with van der Waals surface area (Å²) in [5.74, 6) is 1.84. The molecule has 0 unspecified atom stereocenters. The summed E-state index contributed by atoms with van der Waals surface area (Å²) < 4.78 is 40.1. The van der Waals surface area contributed by atoms with Gasteiger partial charge in [0, 0.05) is 42.3 Å². The van der Waals surface area contributed by atoms with Gasteiger partial charge in [-0.15, -0.1) is 0 Å². The quantitative estimate of drug-likeness (QED) is 0.341. The van der Waals surface area contributed by atoms with E-state index in [0.29, 0.717) is 28.2 Å². The number of nitrogen functional groups attached to an aromatic ring is 1. The van der Waals surface area contributed by atoms with E-state index in [1.54, 1.807) is 26.2 Å². The Bertz CT molecular complexity index is 1400. The molecule has 5 rings (SSSR count). The zero-order chi connectivity index (χ0) is 25.4. The molecule has 3 N–H and O–H groups in total. The first-order valence-electron chi connectivity index (χ1n) is 11.8. The second-order valence-corrected chi connectivity index (χ2v) is 9.04. The normalized spacial score (nSPS) is 14.9. The van der Waals surface area contributed by atoms with Crippen LogP contribution < -0.4 is 16.0 Å². The molecule has 1 saturated heterocycles. The third-order valence-corrected chi connectivity index (χ3v) is 6.32. The Morgan fingerprint density at radius 2 is 1.83 bits per heavy atom. The number of halogens is 3. The Morgan fingerprint density at radius 1 is 1.06 bits per heavy atom. The van der Waals surface area contributed by atoms with E-state index >= 15 is 0 Å². The highest BCUT2D eigenvalue weighted by Crippen LogP contribution is 2.37. The Balaban J connectivity index is 1.61. The maximum absolute atomic E-state index is 13.4. The molecule has 1 aromatic carbocycles. The molecule has 7 nitrogen and oxygen atoms in total. The summed E-state index contributed by atoms with van der Waals surface area (Å²) in [5.41, 5.74) is 7.80. The SMILES string of the molecule is Cc1nc(N[C@H](C)c2cc(N)cc(C(F)(F)F)c2)c2cc(-c3cccnc3)c(N3CCCC3)nc2n1. The van der Waals surface area contributed by atoms with Crippen LogP contribution in [0.15, 0.2) is 48.8 Å². The monoisotopic (exact) mass is 493 g/mol. The van der Waals surface area contributed by atoms with E-state index in [1.165, 1.54) is 6.07 Å². The zero-order valence-corrected chi connectivity index (χ0v) is 20.0. The van der Waals surface area contributed by atoms with Crippen molar-refractivity contribution in [1.82, 2.24) is 19.9 Å². The molecule has 186 valence electrons. The Morgan fingerprint density at radius 3 is 2.53 bits per heavy atom. The summed E-state index contributed by atoms with van der Waals surface area (Å²) in [6.45, 7) is 5.36. The van der Waals surface area contributed by atoms with Crippen LogP contribution >= 0.6 is 0 Å². The van der Waals surface area contributed by atoms with Crippen LogP contribution in [0.4, 0.5) is 30.5 Å². The fourth-order valence-corrected chi connectivity index (χ4v) is 4.55. The number of aryl methyl sites for hydroxylation is 1. The van der Waals surface area contributed by atoms with Crippen molar-refractivity contribution in [2.75, 3.05) is 29.0 Å². The van der Waals surface area contributed by atoms with E-state index in [1.807, 2.05) is 18.2 Å². The van der Waals surface area contributed by atoms with Crippen molar-refractivity contribution in [1.29, 1.82) is 0 Å². The molecule has 0 spiro atoms. The van der Waals surface area contributed by atoms with Crippen LogP contribution in [-0.2, 0) is 6.18 Å². The fourth-order valence-electron chi connectivity index (χ4n) is 4.55. The number of alkyl halides is 3. The summed E-state index contributed by atoms with van der Waals surface area (Å²) in [5, 5.41) is 3.95. The van der Waals surface area contributed by atoms with Crippen molar-refractivity contribution >= 4 is 28.4 Å². The molecule has 1 fully saturated rings. The number of fused-ring (bicyclic) bond motifs is 1. The highest BCUT2D eigenvalue weighted by atomic mass is 19.4. The van der Waals surface area contributed by atoms with E-state index in [4.69, 9.17) is 10.7 Å². The predicted octanol–water partition coefficient (Wildman–Crippen LogP) is 5.77. The number of hydrogen-bond donors (Lipinski definition) is 2. The van der Waals surface area contributed by atoms with Gasteiger partial charge >= 0.3 is 6.18 Å². The first-order valence-corrected chi connectivity index (χ1v) is 11.8. The van der Waals surface area contributed by atoms with Crippen molar-refractivity contribution in [2.24, 2.45) is 0 Å². The van der Waals surface area contributed by atoms with Gasteiger partial charge in [0.05, 0.1) is 17.0 Å². The van der Waals surface area contributed by atoms with E-state index in [2.05, 4.69) is 25.2 Å². The highest BCUT2D eigenvalue weighted by molar-refractivity contribution is 5.94. The number of anilines is 3. The molecular weight excluding hydrogens is 467 g/mol. The molecule has 1 atom stereocenters. The first kappa shape index (κ1) is 23.8. The minimum atomic E-state index is -4.49. The van der Waals surface area contributed by atoms with Gasteiger partial charge in [-0.2, -0.15) is 13.2 Å². The molecule has 4 aromatic rings. The Hall–Kier alpha value is -3.95. The molecule has 0 radical (unpaired) electrons. The highest BCUT2D eigenvalue weighted by Gasteiger charge is 2.31. The minimum Gasteiger partial charge on any atom is -0.399 e. The average molecular weight is 494 g/mol. The number of nitrogens with zero attached hydrogens (tertiary/aromatic N) is 5. The van der Waals surface area contributed by atoms with Gasteiger partial charge in [-0.3, -0.25) is 4.98 Å². The smallest absolute Gasteiger partial charge is 0.399 e. The van der Waals surface area contributed by atoms with E-state index in [9.17, 15) is 13.2 Å². The standard InChI is InChI=1S/C26H26F3N7/c1-15(18-10-19(26(27,28)29)12-20(30)11-18)32-23-22-13-21(17-6-5-7-31-14-17)25(36-8-3-4-9-36)35-24(22)34-16(2)33-23/h5-7,10-15H,3-4,8-9,30H2,1-2H3,(H,32,33,34,35)/t15-/m1/s1. The van der Waals surface area contributed by atoms with Crippen molar-refractivity contribution in [3.05, 3.63) is 65.7 Å². The molecule has 0 saturated carbocycles. The van der Waals surface area contributed by atoms with Crippen molar-refractivity contribution in [3.63, 3.8) is 0 Å². The van der Waals surface area contributed by atoms with Gasteiger partial charge < -0.3 is 16.0 Å². The Labute approximate surface area is 206 Å². The minimum absolute atomic E-state index is 0.0491. The van der Waals surface area contributed by atoms with Gasteiger partial charge in [-0.25, -0.2) is 15.0 Å². The summed E-state index contributed by atoms with van der Waals surface area (Å²) in [7, 11) is 0. The van der Waals surface area contributed by atoms with Gasteiger partial charge in [0.1, 0.15) is 17.5 Å². The summed E-state index contributed by atoms with van der Waals surface area (Å²) in [6.07, 6.45) is 1.21. The van der Waals surface area contributed by atoms with E-state index in [-0.39, 0.29) is 5.69 Å². The maximum atomic E-state index is 13.4. The van der Waals surface area contributed by atoms with Crippen LogP contribution in [-0.4, -0.2) is 33.0 Å². The third kappa shape index (κ3) is 4.75. The maximum Gasteiger partial charge on any atom is 0.416 e. The lowest BCUT2D eigenvalue weighted by molar-refractivity contribution is -0.137. The Kier molecular flexibility index (Phi) is 6.11. The first-order chi connectivity index (χ1) is 17.2. The predicted molar refractivity (Wildman–Crippen MR) is 135 cm³/mol. The summed E-state index contributed by atoms with van der Waals surface area (Å²) in [6, 6.07) is 8.91. The number of nitrogens with one attached hydrogen (secondary N) is 1. The molecule has 10 heteroatoms. The topological polar surface area (TPSA) is 92.8 Å². The number of aromatic nitrogens is 4. The fraction of sp³-hybridized carbons (Fsp3) is 0.308. The number of benzene rings is 1. The molecule has 1 aliphatic heterocycles. The van der Waals surface area contributed by atoms with Crippen LogP contribution in [0.2, 0.25) is 0 Å². The largest absolute Gasteiger partial charge is 0.416 e. The number of hydrogen-bond acceptors (Lipinski definition) is 7. The number of pyridine rings is 2. The molecule has 0 bridgehead atoms. The van der Waals surface area contributed by atoms with Gasteiger partial charge in [-0.05, 0) is 62.6 Å². The number of nitrogens with two attached hydrogens (primary N) is 1. The molecule has 0 amide bonds. The van der Waals surface area contributed by atoms with Gasteiger partial charge in [0.15, 0.2) is 5.65 Å². The molecule has 36 heavy (non-hydrogen) atoms. The van der Waals surface area contributed by atoms with Crippen LogP contribution in [0.25, 0.3) is 22.2 Å². The third-order valence-electron chi connectivity index (χ3n) is 6.32. The van der Waals surface area contributed by atoms with Crippen molar-refractivity contribution in [2.45, 2.75) is 38.9 Å². The van der Waals surface area contributed by atoms with Crippen LogP contribution in [0.3, 0.4) is 0 Å². The molecule has 0 aliphatic carbocycles. The molecule has 1 aliphatic rings. The second kappa shape index (κ2) is 9.25. The van der Waals surface area contributed by atoms with E-state index in [0.717, 1.165) is 55.0 Å². The van der Waals surface area contributed by atoms with Crippen molar-refractivity contribution < 1.29 is 13.2 Å². The summed E-state index contributed by atoms with van der Waals surface area (Å²) >= 11 is 0. The molecule has 3 aromatic heterocycles. The lowest BCUT2D eigenvalue weighted by atomic mass is 10.0. The summed E-state index contributed by atoms with van der Waals surface area (Å²) in [4.78, 5) is 20.6. The second-order valence-electron chi connectivity index (χ2n) is 9.04. The average Bonchev–Trinajstić information content (AvgIpc) is 3.38. The van der Waals surface area contributed by atoms with Gasteiger partial charge in [0.2, 0.25) is 0 Å². The molecule has 4 heterocycles. The number of rotatable bonds is 5. The van der Waals surface area contributed by atoms with Gasteiger partial charge in [0.25, 0.3) is 0 Å². The van der Waals surface area contributed by atoms with Crippen LogP contribution in [0.1, 0.15) is 42.8 Å². The van der Waals surface area contributed by atoms with E-state index < -0.39 is 17.8 Å². The van der Waals surface area contributed by atoms with Crippen LogP contribution in [0.5, 0.6) is 0 Å². The van der Waals surface area contributed by atoms with Crippen LogP contribution in [0, 0.1) is 6.92 Å². The van der Waals surface area contributed by atoms with Gasteiger partial charge in [-0.1, -0.05) is 6.07 Å². The zero-order valence-electron chi connectivity index (χ0n) is 20.0. The van der Waals surface area contributed by atoms with Crippen molar-refractivity contribution in [3.8, 4) is 11.1 Å².